The fraction of sp³-hybridized carbons (Fsp3) is 0.421. The second-order valence-electron chi connectivity index (χ2n) is 7.35. The standard InChI is InChI=1S/C19H18N2O6/c22-15(23)9-14(10-5-7-13(8-6-10)21(26)27)20-18(24)16-11-1-2-12(4-3-11)17(16)19(20)25/h1-2,5-8,11-12,14,16-17H,3-4,9H2,(H,22,23). The van der Waals surface area contributed by atoms with Crippen molar-refractivity contribution in [3.8, 4) is 0 Å². The zero-order chi connectivity index (χ0) is 19.3. The average Bonchev–Trinajstić information content (AvgIpc) is 2.94. The van der Waals surface area contributed by atoms with Crippen LogP contribution >= 0.6 is 0 Å². The summed E-state index contributed by atoms with van der Waals surface area (Å²) in [7, 11) is 0. The number of non-ortho nitro benzene ring substituents is 1. The van der Waals surface area contributed by atoms with Gasteiger partial charge in [0.05, 0.1) is 29.2 Å². The highest BCUT2D eigenvalue weighted by molar-refractivity contribution is 6.06. The Labute approximate surface area is 154 Å². The van der Waals surface area contributed by atoms with Gasteiger partial charge in [0.1, 0.15) is 0 Å². The predicted octanol–water partition coefficient (Wildman–Crippen LogP) is 2.31. The minimum atomic E-state index is -1.14. The van der Waals surface area contributed by atoms with Gasteiger partial charge in [-0.3, -0.25) is 29.4 Å². The molecule has 5 unspecified atom stereocenters. The first-order valence-electron chi connectivity index (χ1n) is 8.90. The third-order valence-electron chi connectivity index (χ3n) is 5.96. The first kappa shape index (κ1) is 17.4. The number of allylic oxidation sites excluding steroid dienone is 2. The predicted molar refractivity (Wildman–Crippen MR) is 92.3 cm³/mol. The number of hydrogen-bond acceptors (Lipinski definition) is 5. The Balaban J connectivity index is 1.70. The van der Waals surface area contributed by atoms with Crippen molar-refractivity contribution in [3.05, 3.63) is 52.1 Å². The van der Waals surface area contributed by atoms with E-state index in [9.17, 15) is 29.6 Å². The third-order valence-corrected chi connectivity index (χ3v) is 5.96. The monoisotopic (exact) mass is 370 g/mol. The summed E-state index contributed by atoms with van der Waals surface area (Å²) >= 11 is 0. The molecule has 4 aliphatic rings. The van der Waals surface area contributed by atoms with E-state index in [0.29, 0.717) is 5.56 Å². The lowest BCUT2D eigenvalue weighted by Crippen LogP contribution is -2.38. The summed E-state index contributed by atoms with van der Waals surface area (Å²) in [6.45, 7) is 0. The number of amides is 2. The Morgan fingerprint density at radius 2 is 1.63 bits per heavy atom. The first-order valence-corrected chi connectivity index (χ1v) is 8.90. The molecule has 5 atom stereocenters. The van der Waals surface area contributed by atoms with Crippen molar-refractivity contribution in [2.24, 2.45) is 23.7 Å². The summed E-state index contributed by atoms with van der Waals surface area (Å²) in [6, 6.07) is 4.39. The summed E-state index contributed by atoms with van der Waals surface area (Å²) in [5, 5.41) is 20.2. The van der Waals surface area contributed by atoms with Crippen molar-refractivity contribution in [2.75, 3.05) is 0 Å². The van der Waals surface area contributed by atoms with Crippen molar-refractivity contribution in [2.45, 2.75) is 25.3 Å². The fourth-order valence-corrected chi connectivity index (χ4v) is 4.75. The Morgan fingerprint density at radius 3 is 2.04 bits per heavy atom. The summed E-state index contributed by atoms with van der Waals surface area (Å²) < 4.78 is 0. The molecule has 1 N–H and O–H groups in total. The number of imide groups is 1. The van der Waals surface area contributed by atoms with Gasteiger partial charge in [-0.2, -0.15) is 0 Å². The maximum absolute atomic E-state index is 13.1. The van der Waals surface area contributed by atoms with Gasteiger partial charge < -0.3 is 5.11 Å². The minimum absolute atomic E-state index is 0.0174. The molecular weight excluding hydrogens is 352 g/mol. The third kappa shape index (κ3) is 2.72. The molecule has 0 spiro atoms. The number of nitrogens with zero attached hydrogens (tertiary/aromatic N) is 2. The highest BCUT2D eigenvalue weighted by atomic mass is 16.6. The number of hydrogen-bond donors (Lipinski definition) is 1. The Kier molecular flexibility index (Phi) is 4.05. The van der Waals surface area contributed by atoms with Crippen molar-refractivity contribution in [1.29, 1.82) is 0 Å². The van der Waals surface area contributed by atoms with Crippen LogP contribution in [0.2, 0.25) is 0 Å². The van der Waals surface area contributed by atoms with Crippen LogP contribution in [-0.2, 0) is 14.4 Å². The van der Waals surface area contributed by atoms with E-state index in [1.54, 1.807) is 0 Å². The van der Waals surface area contributed by atoms with Gasteiger partial charge in [-0.25, -0.2) is 0 Å². The largest absolute Gasteiger partial charge is 0.481 e. The van der Waals surface area contributed by atoms with Crippen LogP contribution in [0.4, 0.5) is 5.69 Å². The van der Waals surface area contributed by atoms with Crippen LogP contribution in [0.5, 0.6) is 0 Å². The number of nitro groups is 1. The molecule has 2 bridgehead atoms. The van der Waals surface area contributed by atoms with E-state index in [1.165, 1.54) is 24.3 Å². The van der Waals surface area contributed by atoms with E-state index in [1.807, 2.05) is 12.2 Å². The van der Waals surface area contributed by atoms with Crippen LogP contribution in [0.3, 0.4) is 0 Å². The average molecular weight is 370 g/mol. The second kappa shape index (κ2) is 6.29. The highest BCUT2D eigenvalue weighted by Crippen LogP contribution is 2.51. The summed E-state index contributed by atoms with van der Waals surface area (Å²) in [5.41, 5.74) is 0.270. The summed E-state index contributed by atoms with van der Waals surface area (Å²) in [5.74, 6) is -2.60. The first-order chi connectivity index (χ1) is 12.9. The fourth-order valence-electron chi connectivity index (χ4n) is 4.75. The lowest BCUT2D eigenvalue weighted by atomic mass is 9.63. The van der Waals surface area contributed by atoms with Crippen molar-refractivity contribution >= 4 is 23.5 Å². The van der Waals surface area contributed by atoms with Crippen molar-refractivity contribution in [3.63, 3.8) is 0 Å². The molecule has 1 aromatic rings. The molecule has 1 heterocycles. The maximum atomic E-state index is 13.1. The molecular formula is C19H18N2O6. The zero-order valence-corrected chi connectivity index (χ0v) is 14.4. The van der Waals surface area contributed by atoms with E-state index >= 15 is 0 Å². The number of carbonyl (C=O) groups is 3. The van der Waals surface area contributed by atoms with E-state index in [0.717, 1.165) is 17.7 Å². The van der Waals surface area contributed by atoms with Crippen LogP contribution in [0.1, 0.15) is 30.9 Å². The topological polar surface area (TPSA) is 118 Å². The Hall–Kier alpha value is -3.03. The number of fused-ring (bicyclic) bond motifs is 1. The normalized spacial score (nSPS) is 29.7. The molecule has 2 fully saturated rings. The second-order valence-corrected chi connectivity index (χ2v) is 7.35. The van der Waals surface area contributed by atoms with E-state index in [4.69, 9.17) is 0 Å². The quantitative estimate of drug-likeness (QED) is 0.368. The van der Waals surface area contributed by atoms with Gasteiger partial charge in [0.25, 0.3) is 5.69 Å². The van der Waals surface area contributed by atoms with Gasteiger partial charge in [0.15, 0.2) is 0 Å². The number of aliphatic carboxylic acids is 1. The molecule has 27 heavy (non-hydrogen) atoms. The highest BCUT2D eigenvalue weighted by Gasteiger charge is 2.58. The SMILES string of the molecule is O=C(O)CC(c1ccc([N+](=O)[O-])cc1)N1C(=O)C2C3C=CC(CC3)C2C1=O. The number of rotatable bonds is 5. The number of benzene rings is 1. The van der Waals surface area contributed by atoms with Gasteiger partial charge in [-0.1, -0.05) is 24.3 Å². The van der Waals surface area contributed by atoms with Crippen LogP contribution in [0.25, 0.3) is 0 Å². The molecule has 3 aliphatic carbocycles. The molecule has 1 saturated heterocycles. The number of carbonyl (C=O) groups excluding carboxylic acids is 2. The molecule has 1 saturated carbocycles. The van der Waals surface area contributed by atoms with Gasteiger partial charge in [-0.05, 0) is 30.2 Å². The van der Waals surface area contributed by atoms with Crippen LogP contribution in [0, 0.1) is 33.8 Å². The van der Waals surface area contributed by atoms with Crippen LogP contribution in [-0.4, -0.2) is 32.7 Å². The minimum Gasteiger partial charge on any atom is -0.481 e. The van der Waals surface area contributed by atoms with Crippen molar-refractivity contribution < 1.29 is 24.4 Å². The van der Waals surface area contributed by atoms with Gasteiger partial charge in [0, 0.05) is 12.1 Å². The number of likely N-dealkylation sites (tertiary alicyclic amines) is 1. The van der Waals surface area contributed by atoms with Gasteiger partial charge >= 0.3 is 5.97 Å². The van der Waals surface area contributed by atoms with Gasteiger partial charge in [-0.15, -0.1) is 0 Å². The van der Waals surface area contributed by atoms with E-state index in [2.05, 4.69) is 0 Å². The molecule has 8 heteroatoms. The van der Waals surface area contributed by atoms with E-state index in [-0.39, 0.29) is 29.3 Å². The summed E-state index contributed by atoms with van der Waals surface area (Å²) in [6.07, 6.45) is 5.29. The molecule has 1 aliphatic heterocycles. The number of nitro benzene ring substituents is 1. The molecule has 0 radical (unpaired) electrons. The maximum Gasteiger partial charge on any atom is 0.305 e. The molecule has 5 rings (SSSR count). The lowest BCUT2D eigenvalue weighted by Gasteiger charge is -2.38. The van der Waals surface area contributed by atoms with Crippen LogP contribution < -0.4 is 0 Å². The number of carboxylic acids is 1. The molecule has 140 valence electrons. The lowest BCUT2D eigenvalue weighted by molar-refractivity contribution is -0.384. The molecule has 0 aromatic heterocycles. The number of carboxylic acid groups (broad SMARTS) is 1. The molecule has 8 nitrogen and oxygen atoms in total. The van der Waals surface area contributed by atoms with E-state index < -0.39 is 35.2 Å². The Bertz CT molecular complexity index is 829. The smallest absolute Gasteiger partial charge is 0.305 e. The molecule has 1 aromatic carbocycles. The van der Waals surface area contributed by atoms with Gasteiger partial charge in [0.2, 0.25) is 11.8 Å². The zero-order valence-electron chi connectivity index (χ0n) is 14.4. The summed E-state index contributed by atoms with van der Waals surface area (Å²) in [4.78, 5) is 49.0. The molecule has 2 amide bonds. The van der Waals surface area contributed by atoms with Crippen molar-refractivity contribution in [1.82, 2.24) is 4.90 Å². The Morgan fingerprint density at radius 1 is 1.11 bits per heavy atom. The van der Waals surface area contributed by atoms with Crippen LogP contribution in [0.15, 0.2) is 36.4 Å².